The van der Waals surface area contributed by atoms with E-state index in [1.807, 2.05) is 50.2 Å². The summed E-state index contributed by atoms with van der Waals surface area (Å²) in [5, 5.41) is 14.6. The number of likely N-dealkylation sites (N-methyl/N-ethyl adjacent to an activating group) is 1. The molecule has 35 heavy (non-hydrogen) atoms. The van der Waals surface area contributed by atoms with Gasteiger partial charge < -0.3 is 25.4 Å². The average Bonchev–Trinajstić information content (AvgIpc) is 3.13. The number of ether oxygens (including phenoxy) is 1. The number of benzene rings is 2. The average molecular weight is 480 g/mol. The molecular weight excluding hydrogens is 446 g/mol. The Kier molecular flexibility index (Phi) is 8.65. The standard InChI is InChI=1S/C27H33N3O5/c1-17(2)13-14-23(26(32)33)28-25(31)24(15-30(3)4)29-27(34)35-16-22-20-11-7-5-9-18(20)19-10-6-8-12-21(19)22/h5-13,22-24H,14-16H2,1-4H3,(H,28,31)(H,29,34)(H,32,33). The Morgan fingerprint density at radius 2 is 1.54 bits per heavy atom. The van der Waals surface area contributed by atoms with Crippen LogP contribution in [0, 0.1) is 0 Å². The number of carbonyl (C=O) groups is 3. The second-order valence-corrected chi connectivity index (χ2v) is 9.20. The van der Waals surface area contributed by atoms with Crippen LogP contribution in [0.25, 0.3) is 11.1 Å². The minimum atomic E-state index is -1.14. The van der Waals surface area contributed by atoms with Gasteiger partial charge in [-0.3, -0.25) is 4.79 Å². The Morgan fingerprint density at radius 3 is 2.06 bits per heavy atom. The molecule has 2 unspecified atom stereocenters. The number of carbonyl (C=O) groups excluding carboxylic acids is 2. The fourth-order valence-electron chi connectivity index (χ4n) is 4.19. The molecule has 0 bridgehead atoms. The fourth-order valence-corrected chi connectivity index (χ4v) is 4.19. The van der Waals surface area contributed by atoms with Crippen molar-refractivity contribution in [2.45, 2.75) is 38.3 Å². The number of nitrogens with zero attached hydrogens (tertiary/aromatic N) is 1. The van der Waals surface area contributed by atoms with Crippen LogP contribution in [0.1, 0.15) is 37.3 Å². The highest BCUT2D eigenvalue weighted by Crippen LogP contribution is 2.44. The zero-order valence-electron chi connectivity index (χ0n) is 20.6. The maximum absolute atomic E-state index is 12.9. The first-order valence-corrected chi connectivity index (χ1v) is 11.6. The molecule has 0 spiro atoms. The third-order valence-corrected chi connectivity index (χ3v) is 5.88. The number of carboxylic acid groups (broad SMARTS) is 1. The second-order valence-electron chi connectivity index (χ2n) is 9.20. The molecule has 2 aromatic carbocycles. The van der Waals surface area contributed by atoms with Gasteiger partial charge in [-0.25, -0.2) is 9.59 Å². The number of hydrogen-bond donors (Lipinski definition) is 3. The van der Waals surface area contributed by atoms with Crippen molar-refractivity contribution in [1.29, 1.82) is 0 Å². The molecule has 1 aliphatic rings. The van der Waals surface area contributed by atoms with Gasteiger partial charge in [0.25, 0.3) is 0 Å². The summed E-state index contributed by atoms with van der Waals surface area (Å²) in [4.78, 5) is 38.9. The zero-order chi connectivity index (χ0) is 25.5. The van der Waals surface area contributed by atoms with Crippen LogP contribution in [0.5, 0.6) is 0 Å². The Hall–Kier alpha value is -3.65. The molecule has 0 aromatic heterocycles. The smallest absolute Gasteiger partial charge is 0.407 e. The Labute approximate surface area is 206 Å². The quantitative estimate of drug-likeness (QED) is 0.451. The molecular formula is C27H33N3O5. The third kappa shape index (κ3) is 6.70. The summed E-state index contributed by atoms with van der Waals surface area (Å²) in [6.45, 7) is 4.02. The highest BCUT2D eigenvalue weighted by atomic mass is 16.5. The first-order chi connectivity index (χ1) is 16.7. The molecule has 3 rings (SSSR count). The number of allylic oxidation sites excluding steroid dienone is 1. The van der Waals surface area contributed by atoms with Crippen LogP contribution in [0.3, 0.4) is 0 Å². The Morgan fingerprint density at radius 1 is 0.971 bits per heavy atom. The van der Waals surface area contributed by atoms with E-state index < -0.39 is 30.1 Å². The number of carboxylic acids is 1. The van der Waals surface area contributed by atoms with Gasteiger partial charge in [-0.15, -0.1) is 0 Å². The molecule has 0 saturated carbocycles. The van der Waals surface area contributed by atoms with E-state index in [1.54, 1.807) is 25.1 Å². The normalized spacial score (nSPS) is 13.9. The molecule has 2 aromatic rings. The largest absolute Gasteiger partial charge is 0.480 e. The summed E-state index contributed by atoms with van der Waals surface area (Å²) in [6, 6.07) is 14.0. The van der Waals surface area contributed by atoms with Gasteiger partial charge in [0, 0.05) is 12.5 Å². The number of amides is 2. The van der Waals surface area contributed by atoms with E-state index in [1.165, 1.54) is 0 Å². The Bertz CT molecular complexity index is 1060. The van der Waals surface area contributed by atoms with Gasteiger partial charge in [0.15, 0.2) is 0 Å². The van der Waals surface area contributed by atoms with Gasteiger partial charge in [0.2, 0.25) is 5.91 Å². The van der Waals surface area contributed by atoms with E-state index in [4.69, 9.17) is 4.74 Å². The van der Waals surface area contributed by atoms with Gasteiger partial charge in [-0.05, 0) is 56.6 Å². The molecule has 2 atom stereocenters. The second kappa shape index (κ2) is 11.7. The van der Waals surface area contributed by atoms with Gasteiger partial charge in [-0.2, -0.15) is 0 Å². The van der Waals surface area contributed by atoms with E-state index in [-0.39, 0.29) is 25.5 Å². The summed E-state index contributed by atoms with van der Waals surface area (Å²) < 4.78 is 5.56. The fraction of sp³-hybridized carbons (Fsp3) is 0.370. The number of alkyl carbamates (subject to hydrolysis) is 1. The first-order valence-electron chi connectivity index (χ1n) is 11.6. The maximum atomic E-state index is 12.9. The van der Waals surface area contributed by atoms with Crippen LogP contribution in [0.15, 0.2) is 60.2 Å². The van der Waals surface area contributed by atoms with Crippen molar-refractivity contribution in [3.8, 4) is 11.1 Å². The third-order valence-electron chi connectivity index (χ3n) is 5.88. The lowest BCUT2D eigenvalue weighted by Crippen LogP contribution is -2.55. The highest BCUT2D eigenvalue weighted by molar-refractivity contribution is 5.89. The van der Waals surface area contributed by atoms with Crippen LogP contribution < -0.4 is 10.6 Å². The number of nitrogens with one attached hydrogen (secondary N) is 2. The van der Waals surface area contributed by atoms with Crippen molar-refractivity contribution in [2.75, 3.05) is 27.2 Å². The summed E-state index contributed by atoms with van der Waals surface area (Å²) in [5.41, 5.74) is 5.38. The monoisotopic (exact) mass is 479 g/mol. The SMILES string of the molecule is CC(C)=CCC(NC(=O)C(CN(C)C)NC(=O)OCC1c2ccccc2-c2ccccc21)C(=O)O. The number of fused-ring (bicyclic) bond motifs is 3. The lowest BCUT2D eigenvalue weighted by molar-refractivity contribution is -0.142. The molecule has 2 amide bonds. The lowest BCUT2D eigenvalue weighted by atomic mass is 9.98. The van der Waals surface area contributed by atoms with Crippen LogP contribution in [0.2, 0.25) is 0 Å². The molecule has 0 fully saturated rings. The summed E-state index contributed by atoms with van der Waals surface area (Å²) in [5.74, 6) is -1.82. The van der Waals surface area contributed by atoms with E-state index in [0.29, 0.717) is 0 Å². The Balaban J connectivity index is 1.66. The lowest BCUT2D eigenvalue weighted by Gasteiger charge is -2.24. The van der Waals surface area contributed by atoms with Crippen LogP contribution in [-0.2, 0) is 14.3 Å². The summed E-state index contributed by atoms with van der Waals surface area (Å²) in [7, 11) is 3.52. The number of rotatable bonds is 10. The minimum Gasteiger partial charge on any atom is -0.480 e. The topological polar surface area (TPSA) is 108 Å². The zero-order valence-corrected chi connectivity index (χ0v) is 20.6. The van der Waals surface area contributed by atoms with Crippen molar-refractivity contribution in [3.05, 3.63) is 71.3 Å². The molecule has 0 heterocycles. The molecule has 3 N–H and O–H groups in total. The van der Waals surface area contributed by atoms with E-state index in [2.05, 4.69) is 22.8 Å². The van der Waals surface area contributed by atoms with E-state index >= 15 is 0 Å². The molecule has 8 nitrogen and oxygen atoms in total. The van der Waals surface area contributed by atoms with Crippen molar-refractivity contribution in [3.63, 3.8) is 0 Å². The van der Waals surface area contributed by atoms with Gasteiger partial charge in [0.05, 0.1) is 0 Å². The van der Waals surface area contributed by atoms with Crippen molar-refractivity contribution in [2.24, 2.45) is 0 Å². The molecule has 0 saturated heterocycles. The van der Waals surface area contributed by atoms with Crippen molar-refractivity contribution in [1.82, 2.24) is 15.5 Å². The maximum Gasteiger partial charge on any atom is 0.407 e. The van der Waals surface area contributed by atoms with Gasteiger partial charge in [-0.1, -0.05) is 60.2 Å². The van der Waals surface area contributed by atoms with E-state index in [9.17, 15) is 19.5 Å². The van der Waals surface area contributed by atoms with E-state index in [0.717, 1.165) is 27.8 Å². The molecule has 1 aliphatic carbocycles. The molecule has 0 aliphatic heterocycles. The highest BCUT2D eigenvalue weighted by Gasteiger charge is 2.30. The van der Waals surface area contributed by atoms with Crippen LogP contribution in [-0.4, -0.2) is 67.3 Å². The number of aliphatic carboxylic acids is 1. The minimum absolute atomic E-state index is 0.102. The van der Waals surface area contributed by atoms with Crippen LogP contribution in [0.4, 0.5) is 4.79 Å². The van der Waals surface area contributed by atoms with Crippen molar-refractivity contribution >= 4 is 18.0 Å². The molecule has 0 radical (unpaired) electrons. The van der Waals surface area contributed by atoms with Crippen molar-refractivity contribution < 1.29 is 24.2 Å². The summed E-state index contributed by atoms with van der Waals surface area (Å²) in [6.07, 6.45) is 1.17. The number of hydrogen-bond acceptors (Lipinski definition) is 5. The molecule has 8 heteroatoms. The van der Waals surface area contributed by atoms with Crippen LogP contribution >= 0.6 is 0 Å². The predicted octanol–water partition coefficient (Wildman–Crippen LogP) is 3.38. The molecule has 186 valence electrons. The van der Waals surface area contributed by atoms with Gasteiger partial charge >= 0.3 is 12.1 Å². The summed E-state index contributed by atoms with van der Waals surface area (Å²) >= 11 is 0. The predicted molar refractivity (Wildman–Crippen MR) is 134 cm³/mol. The first kappa shape index (κ1) is 26.0. The van der Waals surface area contributed by atoms with Gasteiger partial charge in [0.1, 0.15) is 18.7 Å².